The Balaban J connectivity index is 1.91. The Labute approximate surface area is 176 Å². The molecule has 0 amide bonds. The van der Waals surface area contributed by atoms with Crippen LogP contribution < -0.4 is 4.74 Å². The van der Waals surface area contributed by atoms with Gasteiger partial charge < -0.3 is 4.74 Å². The van der Waals surface area contributed by atoms with E-state index in [-0.39, 0.29) is 11.6 Å². The SMILES string of the molecule is COc1ccc(C(C)=O)cc1CN(Cc1ccc(C#N)cc1)Cc1cccc(F)c1. The van der Waals surface area contributed by atoms with Gasteiger partial charge >= 0.3 is 0 Å². The molecule has 0 saturated heterocycles. The first-order valence-corrected chi connectivity index (χ1v) is 9.62. The number of methoxy groups -OCH3 is 1. The number of ketones is 1. The summed E-state index contributed by atoms with van der Waals surface area (Å²) >= 11 is 0. The molecule has 0 radical (unpaired) electrons. The summed E-state index contributed by atoms with van der Waals surface area (Å²) in [7, 11) is 1.60. The summed E-state index contributed by atoms with van der Waals surface area (Å²) in [6.07, 6.45) is 0. The van der Waals surface area contributed by atoms with Crippen molar-refractivity contribution < 1.29 is 13.9 Å². The standard InChI is InChI=1S/C25H23FN2O2/c1-18(29)22-10-11-25(30-2)23(13-22)17-28(16-21-4-3-5-24(26)12-21)15-20-8-6-19(14-27)7-9-20/h3-13H,15-17H2,1-2H3. The van der Waals surface area contributed by atoms with Crippen LogP contribution in [-0.2, 0) is 19.6 Å². The molecule has 0 aliphatic rings. The molecule has 3 rings (SSSR count). The monoisotopic (exact) mass is 402 g/mol. The van der Waals surface area contributed by atoms with Crippen LogP contribution in [0.5, 0.6) is 5.75 Å². The molecule has 30 heavy (non-hydrogen) atoms. The molecule has 3 aromatic rings. The van der Waals surface area contributed by atoms with E-state index in [2.05, 4.69) is 11.0 Å². The number of hydrogen-bond acceptors (Lipinski definition) is 4. The van der Waals surface area contributed by atoms with E-state index in [4.69, 9.17) is 10.00 Å². The van der Waals surface area contributed by atoms with Crippen LogP contribution in [0.3, 0.4) is 0 Å². The van der Waals surface area contributed by atoms with E-state index in [1.807, 2.05) is 24.3 Å². The molecule has 4 nitrogen and oxygen atoms in total. The predicted octanol–water partition coefficient (Wildman–Crippen LogP) is 5.11. The van der Waals surface area contributed by atoms with Crippen LogP contribution in [0.4, 0.5) is 4.39 Å². The van der Waals surface area contributed by atoms with Gasteiger partial charge in [0.1, 0.15) is 11.6 Å². The van der Waals surface area contributed by atoms with E-state index >= 15 is 0 Å². The number of Topliss-reactive ketones (excluding diaryl/α,β-unsaturated/α-hetero) is 1. The second-order valence-corrected chi connectivity index (χ2v) is 7.17. The second-order valence-electron chi connectivity index (χ2n) is 7.17. The van der Waals surface area contributed by atoms with Crippen molar-refractivity contribution in [3.63, 3.8) is 0 Å². The lowest BCUT2D eigenvalue weighted by molar-refractivity contribution is 0.101. The smallest absolute Gasteiger partial charge is 0.159 e. The molecule has 0 heterocycles. The van der Waals surface area contributed by atoms with Gasteiger partial charge in [-0.25, -0.2) is 4.39 Å². The summed E-state index contributed by atoms with van der Waals surface area (Å²) in [4.78, 5) is 14.0. The maximum atomic E-state index is 13.7. The molecule has 3 aromatic carbocycles. The van der Waals surface area contributed by atoms with Crippen molar-refractivity contribution in [2.45, 2.75) is 26.6 Å². The van der Waals surface area contributed by atoms with Crippen LogP contribution >= 0.6 is 0 Å². The Morgan fingerprint density at radius 3 is 2.37 bits per heavy atom. The largest absolute Gasteiger partial charge is 0.496 e. The number of carbonyl (C=O) groups excluding carboxylic acids is 1. The van der Waals surface area contributed by atoms with Crippen LogP contribution in [0.25, 0.3) is 0 Å². The maximum absolute atomic E-state index is 13.7. The Bertz CT molecular complexity index is 1070. The second kappa shape index (κ2) is 9.82. The number of halogens is 1. The van der Waals surface area contributed by atoms with Crippen LogP contribution in [0, 0.1) is 17.1 Å². The lowest BCUT2D eigenvalue weighted by Crippen LogP contribution is -2.23. The number of hydrogen-bond donors (Lipinski definition) is 0. The normalized spacial score (nSPS) is 10.6. The average Bonchev–Trinajstić information content (AvgIpc) is 2.74. The third-order valence-corrected chi connectivity index (χ3v) is 4.87. The van der Waals surface area contributed by atoms with Crippen molar-refractivity contribution in [1.29, 1.82) is 5.26 Å². The minimum absolute atomic E-state index is 0.0114. The van der Waals surface area contributed by atoms with E-state index in [1.54, 1.807) is 37.4 Å². The molecule has 0 atom stereocenters. The summed E-state index contributed by atoms with van der Waals surface area (Å²) in [5.41, 5.74) is 3.99. The number of nitriles is 1. The fourth-order valence-electron chi connectivity index (χ4n) is 3.37. The van der Waals surface area contributed by atoms with Crippen molar-refractivity contribution in [1.82, 2.24) is 4.90 Å². The minimum atomic E-state index is -0.276. The van der Waals surface area contributed by atoms with Gasteiger partial charge in [-0.1, -0.05) is 24.3 Å². The van der Waals surface area contributed by atoms with Crippen LogP contribution in [0.2, 0.25) is 0 Å². The first kappa shape index (κ1) is 21.2. The quantitative estimate of drug-likeness (QED) is 0.491. The minimum Gasteiger partial charge on any atom is -0.496 e. The molecule has 0 bridgehead atoms. The van der Waals surface area contributed by atoms with Gasteiger partial charge in [-0.3, -0.25) is 9.69 Å². The molecule has 0 unspecified atom stereocenters. The van der Waals surface area contributed by atoms with Crippen molar-refractivity contribution in [3.8, 4) is 11.8 Å². The van der Waals surface area contributed by atoms with Gasteiger partial charge in [-0.15, -0.1) is 0 Å². The van der Waals surface area contributed by atoms with E-state index in [0.717, 1.165) is 16.7 Å². The highest BCUT2D eigenvalue weighted by Gasteiger charge is 2.14. The zero-order chi connectivity index (χ0) is 21.5. The van der Waals surface area contributed by atoms with Gasteiger partial charge in [-0.05, 0) is 60.5 Å². The molecule has 0 aliphatic heterocycles. The number of carbonyl (C=O) groups is 1. The van der Waals surface area contributed by atoms with Crippen LogP contribution in [0.15, 0.2) is 66.7 Å². The fraction of sp³-hybridized carbons (Fsp3) is 0.200. The van der Waals surface area contributed by atoms with Gasteiger partial charge in [0.05, 0.1) is 18.7 Å². The summed E-state index contributed by atoms with van der Waals surface area (Å²) in [5.74, 6) is 0.411. The molecular weight excluding hydrogens is 379 g/mol. The Morgan fingerprint density at radius 2 is 1.73 bits per heavy atom. The number of benzene rings is 3. The molecule has 0 spiro atoms. The highest BCUT2D eigenvalue weighted by molar-refractivity contribution is 5.94. The van der Waals surface area contributed by atoms with E-state index in [9.17, 15) is 9.18 Å². The van der Waals surface area contributed by atoms with Gasteiger partial charge in [-0.2, -0.15) is 5.26 Å². The average molecular weight is 402 g/mol. The lowest BCUT2D eigenvalue weighted by Gasteiger charge is -2.24. The lowest BCUT2D eigenvalue weighted by atomic mass is 10.1. The number of rotatable bonds is 8. The topological polar surface area (TPSA) is 53.3 Å². The molecule has 152 valence electrons. The molecule has 5 heteroatoms. The first-order valence-electron chi connectivity index (χ1n) is 9.62. The summed E-state index contributed by atoms with van der Waals surface area (Å²) in [5, 5.41) is 9.02. The Morgan fingerprint density at radius 1 is 1.00 bits per heavy atom. The maximum Gasteiger partial charge on any atom is 0.159 e. The predicted molar refractivity (Wildman–Crippen MR) is 114 cm³/mol. The van der Waals surface area contributed by atoms with Gasteiger partial charge in [0.2, 0.25) is 0 Å². The fourth-order valence-corrected chi connectivity index (χ4v) is 3.37. The molecule has 0 N–H and O–H groups in total. The highest BCUT2D eigenvalue weighted by atomic mass is 19.1. The summed E-state index contributed by atoms with van der Waals surface area (Å²) in [6, 6.07) is 21.5. The third-order valence-electron chi connectivity index (χ3n) is 4.87. The molecule has 0 aromatic heterocycles. The van der Waals surface area contributed by atoms with Gasteiger partial charge in [0.15, 0.2) is 5.78 Å². The first-order chi connectivity index (χ1) is 14.5. The Hall–Kier alpha value is -3.49. The van der Waals surface area contributed by atoms with Gasteiger partial charge in [0.25, 0.3) is 0 Å². The van der Waals surface area contributed by atoms with Crippen LogP contribution in [0.1, 0.15) is 39.5 Å². The van der Waals surface area contributed by atoms with Crippen LogP contribution in [-0.4, -0.2) is 17.8 Å². The number of ether oxygens (including phenoxy) is 1. The van der Waals surface area contributed by atoms with E-state index < -0.39 is 0 Å². The zero-order valence-corrected chi connectivity index (χ0v) is 17.1. The molecule has 0 fully saturated rings. The zero-order valence-electron chi connectivity index (χ0n) is 17.1. The van der Waals surface area contributed by atoms with E-state index in [1.165, 1.54) is 19.1 Å². The Kier molecular flexibility index (Phi) is 6.95. The third kappa shape index (κ3) is 5.53. The van der Waals surface area contributed by atoms with Crippen molar-refractivity contribution in [2.24, 2.45) is 0 Å². The molecule has 0 aliphatic carbocycles. The van der Waals surface area contributed by atoms with Crippen molar-refractivity contribution in [3.05, 3.63) is 100 Å². The number of nitrogens with zero attached hydrogens (tertiary/aromatic N) is 2. The van der Waals surface area contributed by atoms with Gasteiger partial charge in [0, 0.05) is 30.8 Å². The highest BCUT2D eigenvalue weighted by Crippen LogP contribution is 2.24. The summed E-state index contributed by atoms with van der Waals surface area (Å²) in [6.45, 7) is 3.16. The van der Waals surface area contributed by atoms with Crippen molar-refractivity contribution in [2.75, 3.05) is 7.11 Å². The summed E-state index contributed by atoms with van der Waals surface area (Å²) < 4.78 is 19.2. The van der Waals surface area contributed by atoms with E-state index in [0.29, 0.717) is 36.5 Å². The molecule has 0 saturated carbocycles. The molecular formula is C25H23FN2O2. The van der Waals surface area contributed by atoms with Crippen molar-refractivity contribution >= 4 is 5.78 Å².